The number of carbonyl (C=O) groups excluding carboxylic acids is 1. The van der Waals surface area contributed by atoms with Gasteiger partial charge in [0.15, 0.2) is 0 Å². The number of halogens is 1. The topological polar surface area (TPSA) is 68.4 Å². The minimum Gasteiger partial charge on any atom is -0.377 e. The summed E-state index contributed by atoms with van der Waals surface area (Å²) in [5.74, 6) is 0.169. The van der Waals surface area contributed by atoms with E-state index in [1.807, 2.05) is 6.92 Å². The lowest BCUT2D eigenvalue weighted by Crippen LogP contribution is -2.40. The van der Waals surface area contributed by atoms with Gasteiger partial charge in [-0.1, -0.05) is 11.6 Å². The molecule has 5 nitrogen and oxygen atoms in total. The van der Waals surface area contributed by atoms with Gasteiger partial charge < -0.3 is 15.4 Å². The minimum absolute atomic E-state index is 0.215. The van der Waals surface area contributed by atoms with Gasteiger partial charge >= 0.3 is 0 Å². The standard InChI is InChI=1S/C13H18ClN3O2/c1-2-19-10-4-3-5-17(8-10)13-11(14)6-9(7-16-13)12(15)18/h6-7,10H,2-5,8H2,1H3,(H2,15,18). The Bertz CT molecular complexity index is 465. The molecule has 0 saturated carbocycles. The highest BCUT2D eigenvalue weighted by Gasteiger charge is 2.23. The zero-order chi connectivity index (χ0) is 13.8. The predicted molar refractivity (Wildman–Crippen MR) is 74.6 cm³/mol. The third-order valence-corrected chi connectivity index (χ3v) is 3.46. The van der Waals surface area contributed by atoms with Crippen LogP contribution >= 0.6 is 11.6 Å². The Labute approximate surface area is 117 Å². The Morgan fingerprint density at radius 1 is 1.68 bits per heavy atom. The summed E-state index contributed by atoms with van der Waals surface area (Å²) in [5.41, 5.74) is 5.53. The van der Waals surface area contributed by atoms with E-state index in [1.165, 1.54) is 6.20 Å². The van der Waals surface area contributed by atoms with Crippen molar-refractivity contribution in [3.05, 3.63) is 22.8 Å². The number of carbonyl (C=O) groups is 1. The Hall–Kier alpha value is -1.33. The SMILES string of the molecule is CCOC1CCCN(c2ncc(C(N)=O)cc2Cl)C1. The van der Waals surface area contributed by atoms with Gasteiger partial charge in [0.05, 0.1) is 16.7 Å². The highest BCUT2D eigenvalue weighted by molar-refractivity contribution is 6.33. The molecule has 0 aromatic carbocycles. The number of aromatic nitrogens is 1. The first-order valence-corrected chi connectivity index (χ1v) is 6.81. The molecule has 1 aromatic rings. The van der Waals surface area contributed by atoms with Crippen LogP contribution in [0.15, 0.2) is 12.3 Å². The molecule has 2 N–H and O–H groups in total. The van der Waals surface area contributed by atoms with Crippen LogP contribution in [0, 0.1) is 0 Å². The van der Waals surface area contributed by atoms with Crippen LogP contribution in [0.4, 0.5) is 5.82 Å². The first kappa shape index (κ1) is 14.1. The second kappa shape index (κ2) is 6.21. The molecular formula is C13H18ClN3O2. The zero-order valence-corrected chi connectivity index (χ0v) is 11.7. The van der Waals surface area contributed by atoms with Crippen molar-refractivity contribution in [2.45, 2.75) is 25.9 Å². The molecule has 19 heavy (non-hydrogen) atoms. The molecule has 1 aliphatic heterocycles. The quantitative estimate of drug-likeness (QED) is 0.915. The van der Waals surface area contributed by atoms with E-state index in [2.05, 4.69) is 9.88 Å². The van der Waals surface area contributed by atoms with Gasteiger partial charge in [-0.25, -0.2) is 4.98 Å². The number of nitrogens with two attached hydrogens (primary N) is 1. The normalized spacial score (nSPS) is 19.5. The number of hydrogen-bond acceptors (Lipinski definition) is 4. The molecule has 1 aliphatic rings. The molecule has 0 bridgehead atoms. The maximum Gasteiger partial charge on any atom is 0.250 e. The van der Waals surface area contributed by atoms with Crippen molar-refractivity contribution in [1.29, 1.82) is 0 Å². The largest absolute Gasteiger partial charge is 0.377 e. The van der Waals surface area contributed by atoms with Crippen LogP contribution < -0.4 is 10.6 Å². The molecule has 0 aliphatic carbocycles. The van der Waals surface area contributed by atoms with Gasteiger partial charge in [0.1, 0.15) is 5.82 Å². The number of primary amides is 1. The molecule has 1 fully saturated rings. The lowest BCUT2D eigenvalue weighted by molar-refractivity contribution is 0.0525. The number of ether oxygens (including phenoxy) is 1. The fraction of sp³-hybridized carbons (Fsp3) is 0.538. The van der Waals surface area contributed by atoms with E-state index < -0.39 is 5.91 Å². The summed E-state index contributed by atoms with van der Waals surface area (Å²) in [6.45, 7) is 4.37. The molecule has 1 unspecified atom stereocenters. The second-order valence-corrected chi connectivity index (χ2v) is 4.97. The van der Waals surface area contributed by atoms with Crippen LogP contribution in [0.3, 0.4) is 0 Å². The third kappa shape index (κ3) is 3.36. The van der Waals surface area contributed by atoms with Gasteiger partial charge in [0.25, 0.3) is 0 Å². The average Bonchev–Trinajstić information content (AvgIpc) is 2.39. The first-order chi connectivity index (χ1) is 9.11. The molecule has 1 atom stereocenters. The molecule has 6 heteroatoms. The van der Waals surface area contributed by atoms with Crippen LogP contribution in [0.5, 0.6) is 0 Å². The van der Waals surface area contributed by atoms with E-state index in [9.17, 15) is 4.79 Å². The summed E-state index contributed by atoms with van der Waals surface area (Å²) in [4.78, 5) is 17.4. The number of nitrogens with zero attached hydrogens (tertiary/aromatic N) is 2. The first-order valence-electron chi connectivity index (χ1n) is 6.43. The number of rotatable bonds is 4. The number of pyridine rings is 1. The summed E-state index contributed by atoms with van der Waals surface area (Å²) in [6, 6.07) is 1.57. The third-order valence-electron chi connectivity index (χ3n) is 3.19. The lowest BCUT2D eigenvalue weighted by Gasteiger charge is -2.33. The van der Waals surface area contributed by atoms with E-state index in [0.29, 0.717) is 23.0 Å². The van der Waals surface area contributed by atoms with Gasteiger partial charge in [-0.3, -0.25) is 4.79 Å². The highest BCUT2D eigenvalue weighted by Crippen LogP contribution is 2.27. The minimum atomic E-state index is -0.521. The van der Waals surface area contributed by atoms with E-state index in [0.717, 1.165) is 25.9 Å². The van der Waals surface area contributed by atoms with Crippen molar-refractivity contribution < 1.29 is 9.53 Å². The van der Waals surface area contributed by atoms with E-state index in [4.69, 9.17) is 22.1 Å². The summed E-state index contributed by atoms with van der Waals surface area (Å²) in [6.07, 6.45) is 3.78. The van der Waals surface area contributed by atoms with Gasteiger partial charge in [0.2, 0.25) is 5.91 Å². The Kier molecular flexibility index (Phi) is 4.61. The summed E-state index contributed by atoms with van der Waals surface area (Å²) in [7, 11) is 0. The number of anilines is 1. The van der Waals surface area contributed by atoms with Gasteiger partial charge in [-0.15, -0.1) is 0 Å². The van der Waals surface area contributed by atoms with E-state index >= 15 is 0 Å². The van der Waals surface area contributed by atoms with Crippen LogP contribution in [0.1, 0.15) is 30.1 Å². The molecule has 2 rings (SSSR count). The molecule has 2 heterocycles. The zero-order valence-electron chi connectivity index (χ0n) is 10.9. The van der Waals surface area contributed by atoms with Crippen molar-refractivity contribution in [2.75, 3.05) is 24.6 Å². The smallest absolute Gasteiger partial charge is 0.250 e. The van der Waals surface area contributed by atoms with Crippen molar-refractivity contribution in [2.24, 2.45) is 5.73 Å². The number of amides is 1. The molecule has 1 saturated heterocycles. The van der Waals surface area contributed by atoms with Gasteiger partial charge in [-0.05, 0) is 25.8 Å². The van der Waals surface area contributed by atoms with Crippen LogP contribution in [-0.4, -0.2) is 36.7 Å². The molecular weight excluding hydrogens is 266 g/mol. The Balaban J connectivity index is 2.15. The molecule has 1 aromatic heterocycles. The predicted octanol–water partition coefficient (Wildman–Crippen LogP) is 1.84. The van der Waals surface area contributed by atoms with Crippen LogP contribution in [0.2, 0.25) is 5.02 Å². The van der Waals surface area contributed by atoms with Gasteiger partial charge in [0, 0.05) is 25.9 Å². The van der Waals surface area contributed by atoms with Crippen molar-refractivity contribution in [3.63, 3.8) is 0 Å². The number of piperidine rings is 1. The average molecular weight is 284 g/mol. The monoisotopic (exact) mass is 283 g/mol. The van der Waals surface area contributed by atoms with Crippen molar-refractivity contribution >= 4 is 23.3 Å². The molecule has 104 valence electrons. The fourth-order valence-corrected chi connectivity index (χ4v) is 2.59. The van der Waals surface area contributed by atoms with Gasteiger partial charge in [-0.2, -0.15) is 0 Å². The van der Waals surface area contributed by atoms with Crippen molar-refractivity contribution in [3.8, 4) is 0 Å². The van der Waals surface area contributed by atoms with Crippen LogP contribution in [-0.2, 0) is 4.74 Å². The molecule has 0 spiro atoms. The summed E-state index contributed by atoms with van der Waals surface area (Å²) < 4.78 is 5.65. The second-order valence-electron chi connectivity index (χ2n) is 4.56. The fourth-order valence-electron chi connectivity index (χ4n) is 2.30. The van der Waals surface area contributed by atoms with Crippen molar-refractivity contribution in [1.82, 2.24) is 4.98 Å². The molecule has 1 amide bonds. The van der Waals surface area contributed by atoms with E-state index in [1.54, 1.807) is 6.07 Å². The maximum atomic E-state index is 11.1. The summed E-state index contributed by atoms with van der Waals surface area (Å²) in [5, 5.41) is 0.452. The summed E-state index contributed by atoms with van der Waals surface area (Å²) >= 11 is 6.18. The molecule has 0 radical (unpaired) electrons. The van der Waals surface area contributed by atoms with E-state index in [-0.39, 0.29) is 6.10 Å². The van der Waals surface area contributed by atoms with Crippen LogP contribution in [0.25, 0.3) is 0 Å². The Morgan fingerprint density at radius 2 is 2.47 bits per heavy atom. The number of hydrogen-bond donors (Lipinski definition) is 1. The lowest BCUT2D eigenvalue weighted by atomic mass is 10.1. The maximum absolute atomic E-state index is 11.1. The highest BCUT2D eigenvalue weighted by atomic mass is 35.5. The Morgan fingerprint density at radius 3 is 3.11 bits per heavy atom.